The number of primary sulfonamides is 1. The van der Waals surface area contributed by atoms with Gasteiger partial charge in [0.2, 0.25) is 15.8 Å². The van der Waals surface area contributed by atoms with Crippen molar-refractivity contribution in [3.05, 3.63) is 71.0 Å². The lowest BCUT2D eigenvalue weighted by atomic mass is 10.0. The normalized spacial score (nSPS) is 12.2. The number of hydrogen-bond acceptors (Lipinski definition) is 5. The number of benzene rings is 2. The van der Waals surface area contributed by atoms with E-state index in [9.17, 15) is 26.4 Å². The molecule has 0 aliphatic heterocycles. The highest BCUT2D eigenvalue weighted by Crippen LogP contribution is 2.33. The maximum atomic E-state index is 13.7. The number of hydrogen-bond donors (Lipinski definition) is 1. The van der Waals surface area contributed by atoms with Crippen molar-refractivity contribution in [2.24, 2.45) is 5.14 Å². The van der Waals surface area contributed by atoms with Crippen LogP contribution in [0.1, 0.15) is 27.3 Å². The fourth-order valence-electron chi connectivity index (χ4n) is 2.49. The number of nitrogens with zero attached hydrogens (tertiary/aromatic N) is 3. The number of rotatable bonds is 4. The molecule has 0 bridgehead atoms. The summed E-state index contributed by atoms with van der Waals surface area (Å²) in [4.78, 5) is 12.3. The largest absolute Gasteiger partial charge is 0.435 e. The number of carbonyl (C=O) groups excluding carboxylic acids is 1. The maximum Gasteiger partial charge on any atom is 0.435 e. The zero-order valence-corrected chi connectivity index (χ0v) is 15.1. The van der Waals surface area contributed by atoms with Gasteiger partial charge in [0, 0.05) is 5.56 Å². The molecular weight excluding hydrogens is 397 g/mol. The van der Waals surface area contributed by atoms with Gasteiger partial charge in [0.05, 0.1) is 10.6 Å². The molecule has 3 aromatic rings. The monoisotopic (exact) mass is 410 g/mol. The van der Waals surface area contributed by atoms with Gasteiger partial charge < -0.3 is 0 Å². The average molecular weight is 410 g/mol. The number of alkyl halides is 3. The summed E-state index contributed by atoms with van der Waals surface area (Å²) in [7, 11) is -4.01. The minimum atomic E-state index is -4.93. The lowest BCUT2D eigenvalue weighted by Gasteiger charge is -2.11. The molecular formula is C17H13F3N4O3S. The Morgan fingerprint density at radius 1 is 1.04 bits per heavy atom. The predicted molar refractivity (Wildman–Crippen MR) is 92.3 cm³/mol. The van der Waals surface area contributed by atoms with Crippen LogP contribution in [0, 0.1) is 6.92 Å². The quantitative estimate of drug-likeness (QED) is 0.665. The molecule has 3 rings (SSSR count). The molecule has 0 saturated carbocycles. The Morgan fingerprint density at radius 2 is 1.61 bits per heavy atom. The number of aryl methyl sites for hydroxylation is 1. The van der Waals surface area contributed by atoms with Crippen LogP contribution in [-0.4, -0.2) is 29.2 Å². The Kier molecular flexibility index (Phi) is 4.81. The molecule has 0 spiro atoms. The van der Waals surface area contributed by atoms with Gasteiger partial charge in [-0.1, -0.05) is 35.0 Å². The molecule has 0 aliphatic rings. The summed E-state index contributed by atoms with van der Waals surface area (Å²) < 4.78 is 64.0. The molecule has 11 heteroatoms. The Balaban J connectivity index is 2.11. The zero-order chi connectivity index (χ0) is 20.7. The van der Waals surface area contributed by atoms with Crippen molar-refractivity contribution >= 4 is 15.8 Å². The molecule has 0 unspecified atom stereocenters. The first-order valence-electron chi connectivity index (χ1n) is 7.76. The molecule has 28 heavy (non-hydrogen) atoms. The molecule has 0 atom stereocenters. The van der Waals surface area contributed by atoms with Crippen LogP contribution in [0.4, 0.5) is 13.2 Å². The second-order valence-electron chi connectivity index (χ2n) is 5.93. The van der Waals surface area contributed by atoms with Gasteiger partial charge in [-0.3, -0.25) is 4.79 Å². The van der Waals surface area contributed by atoms with Crippen LogP contribution in [0.2, 0.25) is 0 Å². The third-order valence-corrected chi connectivity index (χ3v) is 4.81. The van der Waals surface area contributed by atoms with Crippen molar-refractivity contribution in [2.45, 2.75) is 18.0 Å². The molecule has 0 radical (unpaired) electrons. The van der Waals surface area contributed by atoms with Crippen molar-refractivity contribution in [3.8, 4) is 5.69 Å². The van der Waals surface area contributed by atoms with Crippen LogP contribution < -0.4 is 5.14 Å². The van der Waals surface area contributed by atoms with Gasteiger partial charge in [0.25, 0.3) is 0 Å². The maximum absolute atomic E-state index is 13.7. The van der Waals surface area contributed by atoms with Crippen molar-refractivity contribution in [1.29, 1.82) is 0 Å². The third kappa shape index (κ3) is 3.80. The molecule has 7 nitrogen and oxygen atoms in total. The lowest BCUT2D eigenvalue weighted by molar-refractivity contribution is -0.143. The topological polar surface area (TPSA) is 108 Å². The van der Waals surface area contributed by atoms with Crippen molar-refractivity contribution in [1.82, 2.24) is 15.0 Å². The van der Waals surface area contributed by atoms with E-state index in [4.69, 9.17) is 5.14 Å². The van der Waals surface area contributed by atoms with Gasteiger partial charge in [0.15, 0.2) is 11.4 Å². The Bertz CT molecular complexity index is 1140. The molecule has 1 heterocycles. The van der Waals surface area contributed by atoms with Crippen molar-refractivity contribution < 1.29 is 26.4 Å². The summed E-state index contributed by atoms with van der Waals surface area (Å²) in [5.74, 6) is -0.931. The minimum absolute atomic E-state index is 0.0349. The molecule has 0 fully saturated rings. The minimum Gasteiger partial charge on any atom is -0.287 e. The van der Waals surface area contributed by atoms with Gasteiger partial charge >= 0.3 is 6.18 Å². The van der Waals surface area contributed by atoms with E-state index in [-0.39, 0.29) is 16.1 Å². The van der Waals surface area contributed by atoms with E-state index >= 15 is 0 Å². The van der Waals surface area contributed by atoms with Gasteiger partial charge in [-0.25, -0.2) is 18.2 Å². The molecule has 0 amide bonds. The van der Waals surface area contributed by atoms with E-state index in [0.29, 0.717) is 4.68 Å². The molecule has 1 aromatic heterocycles. The number of nitrogens with two attached hydrogens (primary N) is 1. The fraction of sp³-hybridized carbons (Fsp3) is 0.118. The van der Waals surface area contributed by atoms with Gasteiger partial charge in [-0.05, 0) is 31.2 Å². The molecule has 0 aliphatic carbocycles. The highest BCUT2D eigenvalue weighted by atomic mass is 32.2. The smallest absolute Gasteiger partial charge is 0.287 e. The highest BCUT2D eigenvalue weighted by molar-refractivity contribution is 7.89. The lowest BCUT2D eigenvalue weighted by Crippen LogP contribution is -2.18. The van der Waals surface area contributed by atoms with Crippen LogP contribution in [0.25, 0.3) is 5.69 Å². The SMILES string of the molecule is Cc1ccc(C(=O)c2nnn(-c3ccc(S(N)(=O)=O)cc3)c2C(F)(F)F)cc1. The number of halogens is 3. The number of aromatic nitrogens is 3. The standard InChI is InChI=1S/C17H13F3N4O3S/c1-10-2-4-11(5-3-10)15(25)14-16(17(18,19)20)24(23-22-14)12-6-8-13(9-7-12)28(21,26)27/h2-9H,1H3,(H2,21,26,27). The first-order valence-corrected chi connectivity index (χ1v) is 9.30. The van der Waals surface area contributed by atoms with E-state index in [0.717, 1.165) is 29.8 Å². The molecule has 2 aromatic carbocycles. The summed E-state index contributed by atoms with van der Waals surface area (Å²) in [6.45, 7) is 1.77. The first-order chi connectivity index (χ1) is 13.0. The Hall–Kier alpha value is -3.05. The summed E-state index contributed by atoms with van der Waals surface area (Å²) in [5.41, 5.74) is -1.47. The first kappa shape index (κ1) is 19.7. The Morgan fingerprint density at radius 3 is 2.11 bits per heavy atom. The second kappa shape index (κ2) is 6.84. The second-order valence-corrected chi connectivity index (χ2v) is 7.49. The summed E-state index contributed by atoms with van der Waals surface area (Å²) in [6.07, 6.45) is -4.93. The van der Waals surface area contributed by atoms with Crippen LogP contribution in [0.15, 0.2) is 53.4 Å². The summed E-state index contributed by atoms with van der Waals surface area (Å²) in [5, 5.41) is 11.9. The van der Waals surface area contributed by atoms with E-state index in [1.807, 2.05) is 0 Å². The molecule has 2 N–H and O–H groups in total. The van der Waals surface area contributed by atoms with Gasteiger partial charge in [-0.15, -0.1) is 5.10 Å². The number of carbonyl (C=O) groups is 1. The summed E-state index contributed by atoms with van der Waals surface area (Å²) in [6, 6.07) is 10.2. The third-order valence-electron chi connectivity index (χ3n) is 3.88. The van der Waals surface area contributed by atoms with E-state index < -0.39 is 33.4 Å². The van der Waals surface area contributed by atoms with E-state index in [1.54, 1.807) is 19.1 Å². The number of sulfonamides is 1. The van der Waals surface area contributed by atoms with E-state index in [2.05, 4.69) is 10.3 Å². The fourth-order valence-corrected chi connectivity index (χ4v) is 3.00. The highest BCUT2D eigenvalue weighted by Gasteiger charge is 2.42. The summed E-state index contributed by atoms with van der Waals surface area (Å²) >= 11 is 0. The van der Waals surface area contributed by atoms with Gasteiger partial charge in [-0.2, -0.15) is 13.2 Å². The van der Waals surface area contributed by atoms with E-state index in [1.165, 1.54) is 12.1 Å². The predicted octanol–water partition coefficient (Wildman–Crippen LogP) is 2.47. The molecule has 146 valence electrons. The van der Waals surface area contributed by atoms with Crippen molar-refractivity contribution in [2.75, 3.05) is 0 Å². The van der Waals surface area contributed by atoms with Crippen LogP contribution in [-0.2, 0) is 16.2 Å². The van der Waals surface area contributed by atoms with Gasteiger partial charge in [0.1, 0.15) is 0 Å². The molecule has 0 saturated heterocycles. The zero-order valence-electron chi connectivity index (χ0n) is 14.3. The number of ketones is 1. The average Bonchev–Trinajstić information content (AvgIpc) is 3.06. The Labute approximate surface area is 157 Å². The van der Waals surface area contributed by atoms with Crippen LogP contribution >= 0.6 is 0 Å². The van der Waals surface area contributed by atoms with Crippen LogP contribution in [0.3, 0.4) is 0 Å². The van der Waals surface area contributed by atoms with Crippen LogP contribution in [0.5, 0.6) is 0 Å². The van der Waals surface area contributed by atoms with Crippen molar-refractivity contribution in [3.63, 3.8) is 0 Å².